The zero-order valence-electron chi connectivity index (χ0n) is 15.7. The van der Waals surface area contributed by atoms with E-state index in [2.05, 4.69) is 11.8 Å². The molecule has 2 aliphatic rings. The first-order valence-corrected chi connectivity index (χ1v) is 9.91. The maximum Gasteiger partial charge on any atom is 0.335 e. The molecule has 1 aromatic carbocycles. The molecule has 2 heterocycles. The van der Waals surface area contributed by atoms with E-state index >= 15 is 0 Å². The minimum Gasteiger partial charge on any atom is -0.478 e. The van der Waals surface area contributed by atoms with E-state index in [1.54, 1.807) is 6.07 Å². The number of carboxylic acids is 1. The summed E-state index contributed by atoms with van der Waals surface area (Å²) >= 11 is 0. The van der Waals surface area contributed by atoms with Crippen molar-refractivity contribution >= 4 is 11.9 Å². The zero-order chi connectivity index (χ0) is 18.5. The summed E-state index contributed by atoms with van der Waals surface area (Å²) in [4.78, 5) is 27.8. The number of piperidine rings is 1. The molecule has 1 aromatic rings. The van der Waals surface area contributed by atoms with Crippen LogP contribution in [0.4, 0.5) is 0 Å². The second-order valence-corrected chi connectivity index (χ2v) is 7.72. The molecule has 0 spiro atoms. The maximum absolute atomic E-state index is 12.0. The van der Waals surface area contributed by atoms with Crippen LogP contribution in [0.1, 0.15) is 54.9 Å². The van der Waals surface area contributed by atoms with Crippen LogP contribution >= 0.6 is 0 Å². The Hall–Kier alpha value is -1.88. The molecule has 2 fully saturated rings. The van der Waals surface area contributed by atoms with Gasteiger partial charge in [-0.05, 0) is 62.3 Å². The first kappa shape index (κ1) is 18.9. The normalized spacial score (nSPS) is 21.9. The van der Waals surface area contributed by atoms with Gasteiger partial charge in [0.2, 0.25) is 5.91 Å². The van der Waals surface area contributed by atoms with Gasteiger partial charge in [0.1, 0.15) is 0 Å². The Labute approximate surface area is 156 Å². The number of carbonyl (C=O) groups excluding carboxylic acids is 1. The average Bonchev–Trinajstić information content (AvgIpc) is 3.11. The Bertz CT molecular complexity index is 638. The first-order valence-electron chi connectivity index (χ1n) is 9.91. The van der Waals surface area contributed by atoms with Crippen molar-refractivity contribution in [3.63, 3.8) is 0 Å². The highest BCUT2D eigenvalue weighted by atomic mass is 16.4. The topological polar surface area (TPSA) is 60.9 Å². The number of hydrogen-bond acceptors (Lipinski definition) is 3. The third-order valence-corrected chi connectivity index (χ3v) is 5.81. The van der Waals surface area contributed by atoms with Gasteiger partial charge < -0.3 is 10.0 Å². The third kappa shape index (κ3) is 4.64. The van der Waals surface area contributed by atoms with Crippen LogP contribution in [0.2, 0.25) is 0 Å². The van der Waals surface area contributed by atoms with Crippen molar-refractivity contribution in [2.75, 3.05) is 26.2 Å². The summed E-state index contributed by atoms with van der Waals surface area (Å²) < 4.78 is 0. The van der Waals surface area contributed by atoms with Crippen molar-refractivity contribution in [3.8, 4) is 0 Å². The largest absolute Gasteiger partial charge is 0.478 e. The molecular weight excluding hydrogens is 328 g/mol. The molecule has 3 rings (SSSR count). The first-order chi connectivity index (χ1) is 12.6. The maximum atomic E-state index is 12.0. The van der Waals surface area contributed by atoms with Crippen LogP contribution in [0.25, 0.3) is 0 Å². The number of aromatic carboxylic acids is 1. The fourth-order valence-corrected chi connectivity index (χ4v) is 4.38. The highest BCUT2D eigenvalue weighted by Crippen LogP contribution is 2.27. The molecule has 0 aliphatic carbocycles. The molecule has 5 nitrogen and oxygen atoms in total. The standard InChI is InChI=1S/C21H30N2O3/c1-2-4-20(24)22-11-8-19(9-12-22)23-10-7-17(15-23)13-16-5-3-6-18(14-16)21(25)26/h3,5-6,14,17,19H,2,4,7-13,15H2,1H3,(H,25,26)/t17-/m1/s1. The molecule has 5 heteroatoms. The fourth-order valence-electron chi connectivity index (χ4n) is 4.38. The monoisotopic (exact) mass is 358 g/mol. The summed E-state index contributed by atoms with van der Waals surface area (Å²) in [5.74, 6) is 0.0478. The molecule has 0 saturated carbocycles. The van der Waals surface area contributed by atoms with E-state index in [4.69, 9.17) is 5.11 Å². The lowest BCUT2D eigenvalue weighted by atomic mass is 9.97. The predicted octanol–water partition coefficient (Wildman–Crippen LogP) is 3.04. The number of carbonyl (C=O) groups is 2. The van der Waals surface area contributed by atoms with Gasteiger partial charge in [-0.1, -0.05) is 19.1 Å². The Balaban J connectivity index is 1.48. The Morgan fingerprint density at radius 3 is 2.62 bits per heavy atom. The Kier molecular flexibility index (Phi) is 6.30. The van der Waals surface area contributed by atoms with E-state index in [0.29, 0.717) is 29.9 Å². The summed E-state index contributed by atoms with van der Waals surface area (Å²) in [6, 6.07) is 7.93. The number of carboxylic acid groups (broad SMARTS) is 1. The van der Waals surface area contributed by atoms with Gasteiger partial charge >= 0.3 is 5.97 Å². The smallest absolute Gasteiger partial charge is 0.335 e. The van der Waals surface area contributed by atoms with Crippen molar-refractivity contribution in [1.82, 2.24) is 9.80 Å². The average molecular weight is 358 g/mol. The third-order valence-electron chi connectivity index (χ3n) is 5.81. The molecule has 1 atom stereocenters. The van der Waals surface area contributed by atoms with Gasteiger partial charge in [0.15, 0.2) is 0 Å². The van der Waals surface area contributed by atoms with Crippen molar-refractivity contribution in [2.24, 2.45) is 5.92 Å². The molecule has 2 aliphatic heterocycles. The number of amides is 1. The van der Waals surface area contributed by atoms with Crippen LogP contribution in [0.15, 0.2) is 24.3 Å². The van der Waals surface area contributed by atoms with E-state index in [1.165, 1.54) is 6.42 Å². The number of hydrogen-bond donors (Lipinski definition) is 1. The van der Waals surface area contributed by atoms with Crippen LogP contribution in [0.3, 0.4) is 0 Å². The second-order valence-electron chi connectivity index (χ2n) is 7.72. The Morgan fingerprint density at radius 2 is 1.92 bits per heavy atom. The van der Waals surface area contributed by atoms with Gasteiger partial charge in [0, 0.05) is 32.1 Å². The van der Waals surface area contributed by atoms with Crippen LogP contribution < -0.4 is 0 Å². The highest BCUT2D eigenvalue weighted by molar-refractivity contribution is 5.87. The molecular formula is C21H30N2O3. The van der Waals surface area contributed by atoms with Gasteiger partial charge in [-0.3, -0.25) is 9.69 Å². The summed E-state index contributed by atoms with van der Waals surface area (Å²) in [5.41, 5.74) is 1.50. The van der Waals surface area contributed by atoms with E-state index in [9.17, 15) is 9.59 Å². The van der Waals surface area contributed by atoms with Gasteiger partial charge in [-0.25, -0.2) is 4.79 Å². The molecule has 1 N–H and O–H groups in total. The number of nitrogens with zero attached hydrogens (tertiary/aromatic N) is 2. The molecule has 0 aromatic heterocycles. The number of rotatable bonds is 6. The lowest BCUT2D eigenvalue weighted by Crippen LogP contribution is -2.46. The highest BCUT2D eigenvalue weighted by Gasteiger charge is 2.31. The van der Waals surface area contributed by atoms with Crippen molar-refractivity contribution in [2.45, 2.75) is 51.5 Å². The minimum absolute atomic E-state index is 0.309. The summed E-state index contributed by atoms with van der Waals surface area (Å²) in [6.07, 6.45) is 5.88. The molecule has 1 amide bonds. The fraction of sp³-hybridized carbons (Fsp3) is 0.619. The molecule has 2 saturated heterocycles. The Morgan fingerprint density at radius 1 is 1.15 bits per heavy atom. The van der Waals surface area contributed by atoms with Crippen molar-refractivity contribution in [3.05, 3.63) is 35.4 Å². The van der Waals surface area contributed by atoms with E-state index < -0.39 is 5.97 Å². The van der Waals surface area contributed by atoms with Crippen LogP contribution in [0.5, 0.6) is 0 Å². The molecule has 0 bridgehead atoms. The SMILES string of the molecule is CCCC(=O)N1CCC(N2CC[C@H](Cc3cccc(C(=O)O)c3)C2)CC1. The quantitative estimate of drug-likeness (QED) is 0.849. The van der Waals surface area contributed by atoms with Gasteiger partial charge in [0.05, 0.1) is 5.56 Å². The van der Waals surface area contributed by atoms with Crippen molar-refractivity contribution in [1.29, 1.82) is 0 Å². The number of likely N-dealkylation sites (tertiary alicyclic amines) is 2. The van der Waals surface area contributed by atoms with Crippen LogP contribution in [-0.4, -0.2) is 59.0 Å². The zero-order valence-corrected chi connectivity index (χ0v) is 15.7. The van der Waals surface area contributed by atoms with Gasteiger partial charge in [0.25, 0.3) is 0 Å². The van der Waals surface area contributed by atoms with E-state index in [-0.39, 0.29) is 0 Å². The predicted molar refractivity (Wildman–Crippen MR) is 101 cm³/mol. The summed E-state index contributed by atoms with van der Waals surface area (Å²) in [7, 11) is 0. The summed E-state index contributed by atoms with van der Waals surface area (Å²) in [6.45, 7) is 6.06. The van der Waals surface area contributed by atoms with Crippen LogP contribution in [0, 0.1) is 5.92 Å². The lowest BCUT2D eigenvalue weighted by Gasteiger charge is -2.37. The van der Waals surface area contributed by atoms with Gasteiger partial charge in [-0.15, -0.1) is 0 Å². The lowest BCUT2D eigenvalue weighted by molar-refractivity contribution is -0.132. The number of benzene rings is 1. The van der Waals surface area contributed by atoms with E-state index in [1.807, 2.05) is 23.1 Å². The molecule has 0 radical (unpaired) electrons. The van der Waals surface area contributed by atoms with Crippen molar-refractivity contribution < 1.29 is 14.7 Å². The van der Waals surface area contributed by atoms with E-state index in [0.717, 1.165) is 57.4 Å². The second kappa shape index (κ2) is 8.67. The molecule has 26 heavy (non-hydrogen) atoms. The molecule has 0 unspecified atom stereocenters. The summed E-state index contributed by atoms with van der Waals surface area (Å²) in [5, 5.41) is 9.14. The van der Waals surface area contributed by atoms with Crippen LogP contribution in [-0.2, 0) is 11.2 Å². The minimum atomic E-state index is -0.857. The van der Waals surface area contributed by atoms with Gasteiger partial charge in [-0.2, -0.15) is 0 Å². The molecule has 142 valence electrons.